The molecule has 2 N–H and O–H groups in total. The van der Waals surface area contributed by atoms with Crippen LogP contribution in [0.5, 0.6) is 0 Å². The van der Waals surface area contributed by atoms with Crippen molar-refractivity contribution in [1.82, 2.24) is 0 Å². The summed E-state index contributed by atoms with van der Waals surface area (Å²) in [5.41, 5.74) is 6.79. The standard InChI is InChI=1S/C9H9NO2/c1-6(12)8-4-7(5-11)2-3-9(8)10/h2-5H,10H2,1H3. The third kappa shape index (κ3) is 1.50. The van der Waals surface area contributed by atoms with Gasteiger partial charge in [0.05, 0.1) is 0 Å². The number of anilines is 1. The largest absolute Gasteiger partial charge is 0.398 e. The van der Waals surface area contributed by atoms with Crippen molar-refractivity contribution in [2.75, 3.05) is 5.73 Å². The molecule has 0 radical (unpaired) electrons. The maximum absolute atomic E-state index is 10.9. The Balaban J connectivity index is 3.25. The molecule has 0 saturated heterocycles. The predicted octanol–water partition coefficient (Wildman–Crippen LogP) is 1.28. The molecule has 3 nitrogen and oxygen atoms in total. The van der Waals surface area contributed by atoms with Gasteiger partial charge in [0.2, 0.25) is 0 Å². The van der Waals surface area contributed by atoms with Crippen LogP contribution in [0.25, 0.3) is 0 Å². The number of nitrogens with two attached hydrogens (primary N) is 1. The molecule has 0 spiro atoms. The molecule has 3 heteroatoms. The zero-order chi connectivity index (χ0) is 9.14. The summed E-state index contributed by atoms with van der Waals surface area (Å²) in [6, 6.07) is 4.62. The highest BCUT2D eigenvalue weighted by Gasteiger charge is 2.04. The van der Waals surface area contributed by atoms with Crippen molar-refractivity contribution in [1.29, 1.82) is 0 Å². The Kier molecular flexibility index (Phi) is 2.24. The van der Waals surface area contributed by atoms with Gasteiger partial charge in [-0.1, -0.05) is 0 Å². The van der Waals surface area contributed by atoms with E-state index in [0.717, 1.165) is 0 Å². The lowest BCUT2D eigenvalue weighted by atomic mass is 10.1. The summed E-state index contributed by atoms with van der Waals surface area (Å²) in [4.78, 5) is 21.3. The average molecular weight is 163 g/mol. The van der Waals surface area contributed by atoms with E-state index in [0.29, 0.717) is 23.1 Å². The molecule has 12 heavy (non-hydrogen) atoms. The highest BCUT2D eigenvalue weighted by molar-refractivity contribution is 6.00. The number of aldehydes is 1. The molecule has 0 bridgehead atoms. The molecule has 0 aromatic heterocycles. The first kappa shape index (κ1) is 8.46. The summed E-state index contributed by atoms with van der Waals surface area (Å²) in [6.45, 7) is 1.42. The van der Waals surface area contributed by atoms with Crippen LogP contribution >= 0.6 is 0 Å². The van der Waals surface area contributed by atoms with Crippen LogP contribution in [0.4, 0.5) is 5.69 Å². The quantitative estimate of drug-likeness (QED) is 0.406. The Hall–Kier alpha value is -1.64. The third-order valence-electron chi connectivity index (χ3n) is 1.59. The van der Waals surface area contributed by atoms with Crippen LogP contribution in [0.2, 0.25) is 0 Å². The van der Waals surface area contributed by atoms with Crippen molar-refractivity contribution >= 4 is 17.8 Å². The first-order valence-electron chi connectivity index (χ1n) is 3.51. The monoisotopic (exact) mass is 163 g/mol. The minimum Gasteiger partial charge on any atom is -0.398 e. The molecule has 0 aliphatic heterocycles. The fourth-order valence-corrected chi connectivity index (χ4v) is 0.952. The number of benzene rings is 1. The summed E-state index contributed by atoms with van der Waals surface area (Å²) in [6.07, 6.45) is 0.686. The van der Waals surface area contributed by atoms with Gasteiger partial charge >= 0.3 is 0 Å². The molecule has 0 atom stereocenters. The zero-order valence-electron chi connectivity index (χ0n) is 6.70. The van der Waals surface area contributed by atoms with E-state index in [9.17, 15) is 9.59 Å². The van der Waals surface area contributed by atoms with Crippen molar-refractivity contribution in [3.05, 3.63) is 29.3 Å². The Morgan fingerprint density at radius 1 is 1.50 bits per heavy atom. The van der Waals surface area contributed by atoms with Crippen LogP contribution in [-0.2, 0) is 0 Å². The zero-order valence-corrected chi connectivity index (χ0v) is 6.70. The SMILES string of the molecule is CC(=O)c1cc(C=O)ccc1N. The van der Waals surface area contributed by atoms with Gasteiger partial charge in [0.15, 0.2) is 5.78 Å². The van der Waals surface area contributed by atoms with Crippen molar-refractivity contribution in [2.24, 2.45) is 0 Å². The second-order valence-electron chi connectivity index (χ2n) is 2.52. The maximum Gasteiger partial charge on any atom is 0.161 e. The lowest BCUT2D eigenvalue weighted by molar-refractivity contribution is 0.101. The van der Waals surface area contributed by atoms with E-state index in [-0.39, 0.29) is 5.78 Å². The molecule has 0 aliphatic carbocycles. The Labute approximate surface area is 70.2 Å². The van der Waals surface area contributed by atoms with Crippen LogP contribution in [0.3, 0.4) is 0 Å². The number of carbonyl (C=O) groups excluding carboxylic acids is 2. The van der Waals surface area contributed by atoms with Crippen molar-refractivity contribution in [3.63, 3.8) is 0 Å². The second-order valence-corrected chi connectivity index (χ2v) is 2.52. The van der Waals surface area contributed by atoms with Crippen molar-refractivity contribution in [2.45, 2.75) is 6.92 Å². The van der Waals surface area contributed by atoms with Gasteiger partial charge in [-0.05, 0) is 25.1 Å². The number of rotatable bonds is 2. The fourth-order valence-electron chi connectivity index (χ4n) is 0.952. The predicted molar refractivity (Wildman–Crippen MR) is 46.2 cm³/mol. The molecular formula is C9H9NO2. The molecule has 1 aromatic carbocycles. The highest BCUT2D eigenvalue weighted by Crippen LogP contribution is 2.13. The second kappa shape index (κ2) is 3.17. The number of hydrogen-bond acceptors (Lipinski definition) is 3. The number of nitrogen functional groups attached to an aromatic ring is 1. The summed E-state index contributed by atoms with van der Waals surface area (Å²) in [5.74, 6) is -0.129. The molecule has 62 valence electrons. The summed E-state index contributed by atoms with van der Waals surface area (Å²) >= 11 is 0. The Morgan fingerprint density at radius 3 is 2.67 bits per heavy atom. The number of carbonyl (C=O) groups is 2. The van der Waals surface area contributed by atoms with Gasteiger partial charge in [-0.2, -0.15) is 0 Å². The summed E-state index contributed by atoms with van der Waals surface area (Å²) in [7, 11) is 0. The van der Waals surface area contributed by atoms with Crippen LogP contribution in [-0.4, -0.2) is 12.1 Å². The fraction of sp³-hybridized carbons (Fsp3) is 0.111. The van der Waals surface area contributed by atoms with Gasteiger partial charge in [-0.3, -0.25) is 9.59 Å². The molecule has 0 amide bonds. The molecular weight excluding hydrogens is 154 g/mol. The van der Waals surface area contributed by atoms with E-state index in [2.05, 4.69) is 0 Å². The Morgan fingerprint density at radius 2 is 2.17 bits per heavy atom. The van der Waals surface area contributed by atoms with E-state index < -0.39 is 0 Å². The molecule has 0 aliphatic rings. The van der Waals surface area contributed by atoms with Gasteiger partial charge in [0, 0.05) is 16.8 Å². The van der Waals surface area contributed by atoms with E-state index in [1.165, 1.54) is 13.0 Å². The summed E-state index contributed by atoms with van der Waals surface area (Å²) in [5, 5.41) is 0. The normalized spacial score (nSPS) is 9.42. The number of Topliss-reactive ketones (excluding diaryl/α,β-unsaturated/α-hetero) is 1. The molecule has 0 heterocycles. The maximum atomic E-state index is 10.9. The average Bonchev–Trinajstić information content (AvgIpc) is 2.05. The highest BCUT2D eigenvalue weighted by atomic mass is 16.1. The minimum atomic E-state index is -0.129. The first-order chi connectivity index (χ1) is 5.65. The molecule has 0 unspecified atom stereocenters. The molecule has 0 fully saturated rings. The van der Waals surface area contributed by atoms with Gasteiger partial charge < -0.3 is 5.73 Å². The van der Waals surface area contributed by atoms with Crippen LogP contribution < -0.4 is 5.73 Å². The van der Waals surface area contributed by atoms with E-state index >= 15 is 0 Å². The summed E-state index contributed by atoms with van der Waals surface area (Å²) < 4.78 is 0. The topological polar surface area (TPSA) is 60.2 Å². The van der Waals surface area contributed by atoms with Crippen LogP contribution in [0.1, 0.15) is 27.6 Å². The number of hydrogen-bond donors (Lipinski definition) is 1. The van der Waals surface area contributed by atoms with Crippen LogP contribution in [0, 0.1) is 0 Å². The number of ketones is 1. The molecule has 1 rings (SSSR count). The van der Waals surface area contributed by atoms with Gasteiger partial charge in [-0.25, -0.2) is 0 Å². The molecule has 1 aromatic rings. The van der Waals surface area contributed by atoms with Gasteiger partial charge in [0.25, 0.3) is 0 Å². The minimum absolute atomic E-state index is 0.129. The van der Waals surface area contributed by atoms with E-state index in [4.69, 9.17) is 5.73 Å². The van der Waals surface area contributed by atoms with Gasteiger partial charge in [0.1, 0.15) is 6.29 Å². The van der Waals surface area contributed by atoms with E-state index in [1.807, 2.05) is 0 Å². The first-order valence-corrected chi connectivity index (χ1v) is 3.51. The van der Waals surface area contributed by atoms with Crippen molar-refractivity contribution < 1.29 is 9.59 Å². The van der Waals surface area contributed by atoms with Crippen LogP contribution in [0.15, 0.2) is 18.2 Å². The van der Waals surface area contributed by atoms with Gasteiger partial charge in [-0.15, -0.1) is 0 Å². The lowest BCUT2D eigenvalue weighted by Crippen LogP contribution is -2.00. The Bertz CT molecular complexity index is 331. The third-order valence-corrected chi connectivity index (χ3v) is 1.59. The molecule has 0 saturated carbocycles. The van der Waals surface area contributed by atoms with Crippen molar-refractivity contribution in [3.8, 4) is 0 Å². The lowest BCUT2D eigenvalue weighted by Gasteiger charge is -2.00. The smallest absolute Gasteiger partial charge is 0.161 e. The van der Waals surface area contributed by atoms with E-state index in [1.54, 1.807) is 12.1 Å².